The number of aromatic nitrogens is 1. The number of pyridine rings is 1. The van der Waals surface area contributed by atoms with Gasteiger partial charge in [-0.2, -0.15) is 4.31 Å². The van der Waals surface area contributed by atoms with Gasteiger partial charge in [0.1, 0.15) is 11.6 Å². The number of benzene rings is 2. The van der Waals surface area contributed by atoms with E-state index in [4.69, 9.17) is 28.9 Å². The lowest BCUT2D eigenvalue weighted by molar-refractivity contribution is -0.117. The van der Waals surface area contributed by atoms with Crippen molar-refractivity contribution in [1.82, 2.24) is 14.6 Å². The first kappa shape index (κ1) is 30.8. The summed E-state index contributed by atoms with van der Waals surface area (Å²) in [5.41, 5.74) is 7.80. The van der Waals surface area contributed by atoms with Gasteiger partial charge < -0.3 is 16.4 Å². The number of hydrogen-bond acceptors (Lipinski definition) is 6. The number of carbonyl (C=O) groups is 1. The number of fused-ring (bicyclic) bond motifs is 2. The van der Waals surface area contributed by atoms with Crippen LogP contribution in [0.1, 0.15) is 41.9 Å². The minimum absolute atomic E-state index is 0.0826. The van der Waals surface area contributed by atoms with Crippen LogP contribution < -0.4 is 16.4 Å². The Morgan fingerprint density at radius 3 is 2.71 bits per heavy atom. The molecular weight excluding hydrogens is 607 g/mol. The third kappa shape index (κ3) is 6.77. The molecule has 2 saturated heterocycles. The number of nitrogens with zero attached hydrogens (tertiary/aromatic N) is 2. The first-order valence-corrected chi connectivity index (χ1v) is 16.0. The third-order valence-electron chi connectivity index (χ3n) is 7.92. The Morgan fingerprint density at radius 1 is 1.14 bits per heavy atom. The number of anilines is 1. The van der Waals surface area contributed by atoms with Crippen molar-refractivity contribution in [2.24, 2.45) is 5.73 Å². The van der Waals surface area contributed by atoms with Crippen LogP contribution in [0.15, 0.2) is 54.9 Å². The van der Waals surface area contributed by atoms with Gasteiger partial charge in [-0.25, -0.2) is 17.2 Å². The molecule has 5 unspecified atom stereocenters. The topological polar surface area (TPSA) is 117 Å². The van der Waals surface area contributed by atoms with E-state index in [1.165, 1.54) is 36.7 Å². The summed E-state index contributed by atoms with van der Waals surface area (Å²) in [5, 5.41) is 6.38. The van der Waals surface area contributed by atoms with Crippen LogP contribution in [0.3, 0.4) is 0 Å². The lowest BCUT2D eigenvalue weighted by Crippen LogP contribution is -2.57. The molecule has 3 aromatic rings. The molecular formula is C29H31Cl2F2N5O3S. The van der Waals surface area contributed by atoms with Gasteiger partial charge in [0.15, 0.2) is 0 Å². The maximum Gasteiger partial charge on any atom is 0.242 e. The van der Waals surface area contributed by atoms with E-state index in [9.17, 15) is 17.6 Å². The molecule has 224 valence electrons. The summed E-state index contributed by atoms with van der Waals surface area (Å²) < 4.78 is 56.8. The highest BCUT2D eigenvalue weighted by Crippen LogP contribution is 2.32. The summed E-state index contributed by atoms with van der Waals surface area (Å²) in [7, 11) is -3.40. The van der Waals surface area contributed by atoms with Crippen molar-refractivity contribution in [3.05, 3.63) is 93.2 Å². The molecule has 8 nitrogen and oxygen atoms in total. The molecule has 2 aromatic carbocycles. The van der Waals surface area contributed by atoms with Crippen LogP contribution in [0, 0.1) is 11.6 Å². The standard InChI is InChI=1S/C29H31Cl2F2N5O3S/c30-19-11-18(13-35-14-19)27(17-6-9-23(31)25(33)12-17)28(34)29(39)37-26-5-1-4-24(32)22(26)8-7-21-15-36-20-3-2-10-42(40,41)38(21)16-20/h1,4-6,9,11-14,20-21,27-28,36H,2-3,7-8,10,15-16,34H2,(H,37,39). The third-order valence-corrected chi connectivity index (χ3v) is 10.4. The van der Waals surface area contributed by atoms with Crippen molar-refractivity contribution in [3.63, 3.8) is 0 Å². The summed E-state index contributed by atoms with van der Waals surface area (Å²) in [5.74, 6) is -2.60. The molecule has 3 heterocycles. The van der Waals surface area contributed by atoms with Gasteiger partial charge in [0, 0.05) is 54.7 Å². The average Bonchev–Trinajstić information content (AvgIpc) is 3.06. The number of halogens is 4. The summed E-state index contributed by atoms with van der Waals surface area (Å²) >= 11 is 12.0. The zero-order chi connectivity index (χ0) is 30.0. The normalized spacial score (nSPS) is 23.0. The van der Waals surface area contributed by atoms with E-state index in [0.717, 1.165) is 6.42 Å². The quantitative estimate of drug-likeness (QED) is 0.336. The number of hydrogen-bond donors (Lipinski definition) is 3. The van der Waals surface area contributed by atoms with Gasteiger partial charge in [-0.05, 0) is 67.1 Å². The molecule has 4 N–H and O–H groups in total. The molecule has 13 heteroatoms. The molecule has 2 aliphatic heterocycles. The van der Waals surface area contributed by atoms with Gasteiger partial charge >= 0.3 is 0 Å². The number of amides is 1. The van der Waals surface area contributed by atoms with E-state index in [0.29, 0.717) is 42.1 Å². The predicted molar refractivity (Wildman–Crippen MR) is 159 cm³/mol. The number of nitrogens with two attached hydrogens (primary N) is 1. The van der Waals surface area contributed by atoms with Gasteiger partial charge in [0.05, 0.1) is 21.8 Å². The Balaban J connectivity index is 1.38. The van der Waals surface area contributed by atoms with Crippen LogP contribution in [0.2, 0.25) is 10.0 Å². The van der Waals surface area contributed by atoms with Crippen molar-refractivity contribution in [2.45, 2.75) is 49.7 Å². The van der Waals surface area contributed by atoms with Gasteiger partial charge in [-0.3, -0.25) is 9.78 Å². The summed E-state index contributed by atoms with van der Waals surface area (Å²) in [4.78, 5) is 17.6. The van der Waals surface area contributed by atoms with Gasteiger partial charge in [0.2, 0.25) is 15.9 Å². The van der Waals surface area contributed by atoms with Crippen molar-refractivity contribution >= 4 is 44.8 Å². The largest absolute Gasteiger partial charge is 0.324 e. The van der Waals surface area contributed by atoms with Crippen molar-refractivity contribution in [2.75, 3.05) is 24.2 Å². The fraction of sp³-hybridized carbons (Fsp3) is 0.379. The van der Waals surface area contributed by atoms with Crippen LogP contribution >= 0.6 is 23.2 Å². The Hall–Kier alpha value is -2.67. The zero-order valence-corrected chi connectivity index (χ0v) is 24.9. The minimum atomic E-state index is -3.40. The molecule has 0 radical (unpaired) electrons. The Labute approximate surface area is 253 Å². The number of piperazine rings is 1. The van der Waals surface area contributed by atoms with Crippen LogP contribution in [-0.2, 0) is 21.2 Å². The summed E-state index contributed by atoms with van der Waals surface area (Å²) in [6.07, 6.45) is 4.85. The van der Waals surface area contributed by atoms with E-state index in [1.54, 1.807) is 22.5 Å². The molecule has 0 aliphatic carbocycles. The highest BCUT2D eigenvalue weighted by atomic mass is 35.5. The first-order chi connectivity index (χ1) is 20.0. The molecule has 42 heavy (non-hydrogen) atoms. The van der Waals surface area contributed by atoms with Crippen molar-refractivity contribution < 1.29 is 22.0 Å². The second-order valence-electron chi connectivity index (χ2n) is 10.7. The first-order valence-electron chi connectivity index (χ1n) is 13.7. The molecule has 0 saturated carbocycles. The molecule has 1 aromatic heterocycles. The van der Waals surface area contributed by atoms with E-state index < -0.39 is 39.5 Å². The van der Waals surface area contributed by atoms with Gasteiger partial charge in [0.25, 0.3) is 0 Å². The lowest BCUT2D eigenvalue weighted by Gasteiger charge is -2.37. The zero-order valence-electron chi connectivity index (χ0n) is 22.6. The maximum absolute atomic E-state index is 15.1. The fourth-order valence-corrected chi connectivity index (χ4v) is 7.87. The highest BCUT2D eigenvalue weighted by molar-refractivity contribution is 7.89. The predicted octanol–water partition coefficient (Wildman–Crippen LogP) is 4.46. The van der Waals surface area contributed by atoms with Crippen molar-refractivity contribution in [1.29, 1.82) is 0 Å². The Morgan fingerprint density at radius 2 is 1.95 bits per heavy atom. The number of sulfonamides is 1. The SMILES string of the molecule is NC(C(=O)Nc1cccc(F)c1CCC1CNC2CCCS(=O)(=O)N1C2)C(c1cncc(Cl)c1)c1ccc(Cl)c(F)c1. The molecule has 1 amide bonds. The minimum Gasteiger partial charge on any atom is -0.324 e. The van der Waals surface area contributed by atoms with Crippen molar-refractivity contribution in [3.8, 4) is 0 Å². The van der Waals surface area contributed by atoms with E-state index in [1.807, 2.05) is 0 Å². The van der Waals surface area contributed by atoms with Crippen LogP contribution in [0.25, 0.3) is 0 Å². The van der Waals surface area contributed by atoms with Crippen LogP contribution in [0.5, 0.6) is 0 Å². The van der Waals surface area contributed by atoms with Crippen LogP contribution in [0.4, 0.5) is 14.5 Å². The fourth-order valence-electron chi connectivity index (χ4n) is 5.76. The van der Waals surface area contributed by atoms with Gasteiger partial charge in [-0.1, -0.05) is 35.3 Å². The second kappa shape index (κ2) is 12.9. The average molecular weight is 639 g/mol. The second-order valence-corrected chi connectivity index (χ2v) is 13.6. The number of carbonyl (C=O) groups excluding carboxylic acids is 1. The molecule has 0 spiro atoms. The Kier molecular flexibility index (Phi) is 9.46. The van der Waals surface area contributed by atoms with E-state index in [2.05, 4.69) is 15.6 Å². The Bertz CT molecular complexity index is 1580. The molecule has 2 aliphatic rings. The summed E-state index contributed by atoms with van der Waals surface area (Å²) in [6.45, 7) is 0.867. The number of nitrogens with one attached hydrogen (secondary N) is 2. The molecule has 2 bridgehead atoms. The smallest absolute Gasteiger partial charge is 0.242 e. The molecule has 5 atom stereocenters. The summed E-state index contributed by atoms with van der Waals surface area (Å²) in [6, 6.07) is 8.59. The highest BCUT2D eigenvalue weighted by Gasteiger charge is 2.38. The monoisotopic (exact) mass is 637 g/mol. The van der Waals surface area contributed by atoms with E-state index in [-0.39, 0.29) is 40.5 Å². The molecule has 2 fully saturated rings. The van der Waals surface area contributed by atoms with Gasteiger partial charge in [-0.15, -0.1) is 0 Å². The lowest BCUT2D eigenvalue weighted by atomic mass is 9.85. The van der Waals surface area contributed by atoms with Crippen LogP contribution in [-0.4, -0.2) is 60.6 Å². The number of rotatable bonds is 8. The van der Waals surface area contributed by atoms with E-state index >= 15 is 4.39 Å². The maximum atomic E-state index is 15.1. The molecule has 5 rings (SSSR count).